The van der Waals surface area contributed by atoms with Crippen LogP contribution in [0.25, 0.3) is 0 Å². The zero-order valence-corrected chi connectivity index (χ0v) is 14.7. The van der Waals surface area contributed by atoms with Crippen LogP contribution in [0.3, 0.4) is 0 Å². The van der Waals surface area contributed by atoms with Crippen LogP contribution in [-0.4, -0.2) is 29.9 Å². The standard InChI is InChI=1S/C21H25FN2O/c1-15-8-9-16(14-20(15)22)13-17-5-2-3-7-19(17)21(25)24-11-4-6-18(23)10-12-24/h2-3,5,7-9,14,18H,4,6,10-13,23H2,1H3/t18-/m0/s1. The largest absolute Gasteiger partial charge is 0.339 e. The van der Waals surface area contributed by atoms with Crippen LogP contribution in [0.1, 0.15) is 46.3 Å². The smallest absolute Gasteiger partial charge is 0.254 e. The molecule has 1 amide bonds. The minimum absolute atomic E-state index is 0.0530. The number of benzene rings is 2. The number of likely N-dealkylation sites (tertiary alicyclic amines) is 1. The first-order valence-electron chi connectivity index (χ1n) is 8.92. The van der Waals surface area contributed by atoms with Crippen LogP contribution in [0.4, 0.5) is 4.39 Å². The lowest BCUT2D eigenvalue weighted by Gasteiger charge is -2.22. The number of amides is 1. The second-order valence-electron chi connectivity index (χ2n) is 6.90. The van der Waals surface area contributed by atoms with Gasteiger partial charge in [-0.15, -0.1) is 0 Å². The summed E-state index contributed by atoms with van der Waals surface area (Å²) >= 11 is 0. The van der Waals surface area contributed by atoms with Crippen LogP contribution < -0.4 is 5.73 Å². The van der Waals surface area contributed by atoms with Crippen molar-refractivity contribution in [3.8, 4) is 0 Å². The fourth-order valence-electron chi connectivity index (χ4n) is 3.34. The number of nitrogens with two attached hydrogens (primary N) is 1. The molecule has 0 aromatic heterocycles. The van der Waals surface area contributed by atoms with Gasteiger partial charge in [0.15, 0.2) is 0 Å². The third-order valence-corrected chi connectivity index (χ3v) is 4.94. The van der Waals surface area contributed by atoms with Crippen molar-refractivity contribution in [2.24, 2.45) is 5.73 Å². The fourth-order valence-corrected chi connectivity index (χ4v) is 3.34. The molecule has 0 radical (unpaired) electrons. The Balaban J connectivity index is 1.82. The maximum Gasteiger partial charge on any atom is 0.254 e. The van der Waals surface area contributed by atoms with E-state index in [-0.39, 0.29) is 17.8 Å². The molecule has 1 aliphatic rings. The van der Waals surface area contributed by atoms with E-state index in [0.29, 0.717) is 24.1 Å². The molecule has 1 aliphatic heterocycles. The average molecular weight is 340 g/mol. The topological polar surface area (TPSA) is 46.3 Å². The third kappa shape index (κ3) is 4.26. The van der Waals surface area contributed by atoms with E-state index in [1.807, 2.05) is 35.2 Å². The van der Waals surface area contributed by atoms with E-state index in [2.05, 4.69) is 0 Å². The Bertz CT molecular complexity index is 759. The molecule has 1 heterocycles. The average Bonchev–Trinajstić information content (AvgIpc) is 2.83. The number of halogens is 1. The van der Waals surface area contributed by atoms with Crippen molar-refractivity contribution in [1.82, 2.24) is 4.90 Å². The number of carbonyl (C=O) groups is 1. The Labute approximate surface area is 148 Å². The first-order valence-corrected chi connectivity index (χ1v) is 8.92. The summed E-state index contributed by atoms with van der Waals surface area (Å²) in [4.78, 5) is 14.9. The van der Waals surface area contributed by atoms with Crippen LogP contribution in [0.5, 0.6) is 0 Å². The molecular weight excluding hydrogens is 315 g/mol. The summed E-state index contributed by atoms with van der Waals surface area (Å²) in [5.74, 6) is -0.153. The molecule has 2 aromatic carbocycles. The van der Waals surface area contributed by atoms with E-state index in [1.54, 1.807) is 19.1 Å². The number of rotatable bonds is 3. The van der Waals surface area contributed by atoms with E-state index in [0.717, 1.165) is 36.9 Å². The van der Waals surface area contributed by atoms with Gasteiger partial charge in [-0.05, 0) is 61.4 Å². The number of hydrogen-bond acceptors (Lipinski definition) is 2. The zero-order chi connectivity index (χ0) is 17.8. The summed E-state index contributed by atoms with van der Waals surface area (Å²) in [6.07, 6.45) is 3.30. The second kappa shape index (κ2) is 7.79. The quantitative estimate of drug-likeness (QED) is 0.926. The van der Waals surface area contributed by atoms with Gasteiger partial charge in [0, 0.05) is 24.7 Å². The van der Waals surface area contributed by atoms with Gasteiger partial charge in [-0.1, -0.05) is 30.3 Å². The minimum Gasteiger partial charge on any atom is -0.339 e. The molecule has 0 unspecified atom stereocenters. The molecule has 2 N–H and O–H groups in total. The molecule has 1 saturated heterocycles. The van der Waals surface area contributed by atoms with Crippen LogP contribution >= 0.6 is 0 Å². The van der Waals surface area contributed by atoms with Crippen molar-refractivity contribution in [3.05, 3.63) is 70.5 Å². The predicted molar refractivity (Wildman–Crippen MR) is 98.1 cm³/mol. The molecule has 2 aromatic rings. The monoisotopic (exact) mass is 340 g/mol. The van der Waals surface area contributed by atoms with Gasteiger partial charge in [-0.25, -0.2) is 4.39 Å². The second-order valence-corrected chi connectivity index (χ2v) is 6.90. The van der Waals surface area contributed by atoms with E-state index < -0.39 is 0 Å². The molecule has 3 nitrogen and oxygen atoms in total. The highest BCUT2D eigenvalue weighted by atomic mass is 19.1. The Morgan fingerprint density at radius 2 is 2.00 bits per heavy atom. The minimum atomic E-state index is -0.206. The number of hydrogen-bond donors (Lipinski definition) is 1. The Hall–Kier alpha value is -2.20. The van der Waals surface area contributed by atoms with Gasteiger partial charge in [-0.3, -0.25) is 4.79 Å². The van der Waals surface area contributed by atoms with Gasteiger partial charge in [0.05, 0.1) is 0 Å². The lowest BCUT2D eigenvalue weighted by molar-refractivity contribution is 0.0760. The Morgan fingerprint density at radius 3 is 2.80 bits per heavy atom. The third-order valence-electron chi connectivity index (χ3n) is 4.94. The Kier molecular flexibility index (Phi) is 5.49. The van der Waals surface area contributed by atoms with Gasteiger partial charge in [0.1, 0.15) is 5.82 Å². The van der Waals surface area contributed by atoms with Crippen molar-refractivity contribution < 1.29 is 9.18 Å². The van der Waals surface area contributed by atoms with E-state index in [4.69, 9.17) is 5.73 Å². The summed E-state index contributed by atoms with van der Waals surface area (Å²) in [5, 5.41) is 0. The summed E-state index contributed by atoms with van der Waals surface area (Å²) in [5.41, 5.74) is 9.17. The molecule has 3 rings (SSSR count). The summed E-state index contributed by atoms with van der Waals surface area (Å²) in [7, 11) is 0. The van der Waals surface area contributed by atoms with Crippen LogP contribution in [0.15, 0.2) is 42.5 Å². The summed E-state index contributed by atoms with van der Waals surface area (Å²) in [6.45, 7) is 3.20. The van der Waals surface area contributed by atoms with E-state index >= 15 is 0 Å². The predicted octanol–water partition coefficient (Wildman–Crippen LogP) is 3.68. The fraction of sp³-hybridized carbons (Fsp3) is 0.381. The highest BCUT2D eigenvalue weighted by molar-refractivity contribution is 5.95. The Morgan fingerprint density at radius 1 is 1.20 bits per heavy atom. The van der Waals surface area contributed by atoms with Crippen molar-refractivity contribution in [1.29, 1.82) is 0 Å². The lowest BCUT2D eigenvalue weighted by atomic mass is 9.98. The molecule has 1 atom stereocenters. The van der Waals surface area contributed by atoms with Gasteiger partial charge in [0.25, 0.3) is 5.91 Å². The van der Waals surface area contributed by atoms with Gasteiger partial charge < -0.3 is 10.6 Å². The highest BCUT2D eigenvalue weighted by Crippen LogP contribution is 2.20. The van der Waals surface area contributed by atoms with Gasteiger partial charge in [-0.2, -0.15) is 0 Å². The maximum absolute atomic E-state index is 13.8. The lowest BCUT2D eigenvalue weighted by Crippen LogP contribution is -2.33. The summed E-state index contributed by atoms with van der Waals surface area (Å²) in [6, 6.07) is 13.1. The molecule has 0 bridgehead atoms. The molecule has 1 fully saturated rings. The first-order chi connectivity index (χ1) is 12.0. The molecule has 132 valence electrons. The zero-order valence-electron chi connectivity index (χ0n) is 14.7. The molecule has 25 heavy (non-hydrogen) atoms. The number of nitrogens with zero attached hydrogens (tertiary/aromatic N) is 1. The first kappa shape index (κ1) is 17.6. The number of carbonyl (C=O) groups excluding carboxylic acids is 1. The number of aryl methyl sites for hydroxylation is 1. The van der Waals surface area contributed by atoms with Crippen molar-refractivity contribution in [3.63, 3.8) is 0 Å². The normalized spacial score (nSPS) is 18.0. The van der Waals surface area contributed by atoms with Gasteiger partial charge in [0.2, 0.25) is 0 Å². The van der Waals surface area contributed by atoms with Crippen LogP contribution in [-0.2, 0) is 6.42 Å². The van der Waals surface area contributed by atoms with Gasteiger partial charge >= 0.3 is 0 Å². The van der Waals surface area contributed by atoms with E-state index in [1.165, 1.54) is 0 Å². The molecule has 4 heteroatoms. The SMILES string of the molecule is Cc1ccc(Cc2ccccc2C(=O)N2CCC[C@H](N)CC2)cc1F. The van der Waals surface area contributed by atoms with E-state index in [9.17, 15) is 9.18 Å². The highest BCUT2D eigenvalue weighted by Gasteiger charge is 2.21. The molecule has 0 aliphatic carbocycles. The molecule has 0 spiro atoms. The van der Waals surface area contributed by atoms with Crippen molar-refractivity contribution in [2.75, 3.05) is 13.1 Å². The maximum atomic E-state index is 13.8. The molecule has 0 saturated carbocycles. The van der Waals surface area contributed by atoms with Crippen molar-refractivity contribution in [2.45, 2.75) is 38.6 Å². The molecular formula is C21H25FN2O. The summed E-state index contributed by atoms with van der Waals surface area (Å²) < 4.78 is 13.8. The van der Waals surface area contributed by atoms with Crippen LogP contribution in [0.2, 0.25) is 0 Å². The van der Waals surface area contributed by atoms with Crippen LogP contribution in [0, 0.1) is 12.7 Å². The van der Waals surface area contributed by atoms with Crippen molar-refractivity contribution >= 4 is 5.91 Å².